The van der Waals surface area contributed by atoms with Crippen LogP contribution < -0.4 is 10.3 Å². The van der Waals surface area contributed by atoms with Gasteiger partial charge in [0.2, 0.25) is 5.91 Å². The van der Waals surface area contributed by atoms with Gasteiger partial charge in [-0.1, -0.05) is 23.2 Å². The third kappa shape index (κ3) is 4.91. The molecular weight excluding hydrogens is 391 g/mol. The van der Waals surface area contributed by atoms with E-state index in [0.717, 1.165) is 18.5 Å². The van der Waals surface area contributed by atoms with Crippen LogP contribution in [-0.2, 0) is 14.3 Å². The molecule has 0 radical (unpaired) electrons. The molecule has 3 rings (SSSR count). The minimum atomic E-state index is -0.339. The summed E-state index contributed by atoms with van der Waals surface area (Å²) in [4.78, 5) is 26.2. The van der Waals surface area contributed by atoms with Gasteiger partial charge in [-0.2, -0.15) is 5.10 Å². The van der Waals surface area contributed by atoms with Crippen molar-refractivity contribution in [3.05, 3.63) is 28.2 Å². The molecule has 2 heterocycles. The molecule has 0 aliphatic carbocycles. The number of benzene rings is 1. The highest BCUT2D eigenvalue weighted by Gasteiger charge is 2.33. The lowest BCUT2D eigenvalue weighted by molar-refractivity contribution is -0.148. The van der Waals surface area contributed by atoms with Crippen LogP contribution in [0.5, 0.6) is 0 Å². The van der Waals surface area contributed by atoms with Gasteiger partial charge in [-0.3, -0.25) is 19.5 Å². The van der Waals surface area contributed by atoms with Crippen LogP contribution in [-0.4, -0.2) is 54.9 Å². The van der Waals surface area contributed by atoms with E-state index < -0.39 is 0 Å². The smallest absolute Gasteiger partial charge is 0.323 e. The second-order valence-corrected chi connectivity index (χ2v) is 7.26. The number of hydrazone groups is 1. The number of nitrogens with one attached hydrogen (secondary N) is 1. The molecule has 1 saturated heterocycles. The highest BCUT2D eigenvalue weighted by Crippen LogP contribution is 2.28. The summed E-state index contributed by atoms with van der Waals surface area (Å²) in [6.45, 7) is 3.62. The Morgan fingerprint density at radius 3 is 2.85 bits per heavy atom. The average molecular weight is 413 g/mol. The zero-order valence-corrected chi connectivity index (χ0v) is 16.6. The molecule has 2 aliphatic rings. The number of halogens is 2. The summed E-state index contributed by atoms with van der Waals surface area (Å²) < 4.78 is 5.09. The Kier molecular flexibility index (Phi) is 6.57. The number of hydrogen-bond acceptors (Lipinski definition) is 6. The lowest BCUT2D eigenvalue weighted by Crippen LogP contribution is -2.44. The van der Waals surface area contributed by atoms with Crippen molar-refractivity contribution >= 4 is 46.6 Å². The minimum absolute atomic E-state index is 0.148. The van der Waals surface area contributed by atoms with Gasteiger partial charge in [-0.15, -0.1) is 0 Å². The Labute approximate surface area is 168 Å². The van der Waals surface area contributed by atoms with Crippen LogP contribution in [0.1, 0.15) is 26.2 Å². The van der Waals surface area contributed by atoms with Crippen molar-refractivity contribution in [2.45, 2.75) is 32.2 Å². The third-order valence-corrected chi connectivity index (χ3v) is 5.29. The number of carbonyl (C=O) groups is 2. The van der Waals surface area contributed by atoms with Crippen molar-refractivity contribution in [2.24, 2.45) is 5.10 Å². The number of amidine groups is 1. The summed E-state index contributed by atoms with van der Waals surface area (Å²) in [5.41, 5.74) is 0.815. The molecule has 9 heteroatoms. The van der Waals surface area contributed by atoms with Crippen molar-refractivity contribution in [3.63, 3.8) is 0 Å². The molecule has 1 aromatic rings. The van der Waals surface area contributed by atoms with Crippen LogP contribution in [0, 0.1) is 0 Å². The molecule has 0 aromatic heterocycles. The van der Waals surface area contributed by atoms with Gasteiger partial charge in [-0.25, -0.2) is 0 Å². The number of nitrogens with zero attached hydrogens (tertiary/aromatic N) is 3. The first kappa shape index (κ1) is 19.9. The second-order valence-electron chi connectivity index (χ2n) is 6.45. The van der Waals surface area contributed by atoms with E-state index in [1.807, 2.05) is 11.0 Å². The molecule has 146 valence electrons. The number of likely N-dealkylation sites (tertiary alicyclic amines) is 1. The topological polar surface area (TPSA) is 74.2 Å². The number of ether oxygens (including phenoxy) is 1. The molecule has 1 aromatic carbocycles. The standard InChI is InChI=1S/C18H22Cl2N4O3/c1-2-27-18(26)15-4-3-8-23(15)11-17(25)21-16-7-9-24(22-16)12-5-6-13(19)14(20)10-12/h5-6,10,15H,2-4,7-9,11H2,1H3,(H,21,22,25)/t15-/m0/s1. The van der Waals surface area contributed by atoms with Crippen LogP contribution in [0.2, 0.25) is 10.0 Å². The predicted octanol–water partition coefficient (Wildman–Crippen LogP) is 2.66. The maximum absolute atomic E-state index is 12.4. The number of amides is 1. The van der Waals surface area contributed by atoms with E-state index in [4.69, 9.17) is 27.9 Å². The fraction of sp³-hybridized carbons (Fsp3) is 0.500. The molecule has 0 saturated carbocycles. The minimum Gasteiger partial charge on any atom is -0.465 e. The SMILES string of the molecule is CCOC(=O)[C@@H]1CCCN1CC(=O)NC1=NN(c2ccc(Cl)c(Cl)c2)CC1. The van der Waals surface area contributed by atoms with Gasteiger partial charge >= 0.3 is 5.97 Å². The van der Waals surface area contributed by atoms with Crippen LogP contribution in [0.15, 0.2) is 23.3 Å². The van der Waals surface area contributed by atoms with E-state index in [2.05, 4.69) is 10.4 Å². The predicted molar refractivity (Wildman–Crippen MR) is 105 cm³/mol. The monoisotopic (exact) mass is 412 g/mol. The first-order chi connectivity index (χ1) is 13.0. The van der Waals surface area contributed by atoms with E-state index in [1.54, 1.807) is 24.1 Å². The van der Waals surface area contributed by atoms with Crippen LogP contribution in [0.4, 0.5) is 5.69 Å². The summed E-state index contributed by atoms with van der Waals surface area (Å²) >= 11 is 12.0. The largest absolute Gasteiger partial charge is 0.465 e. The van der Waals surface area contributed by atoms with Crippen molar-refractivity contribution in [1.29, 1.82) is 0 Å². The normalized spacial score (nSPS) is 19.9. The Morgan fingerprint density at radius 1 is 1.30 bits per heavy atom. The van der Waals surface area contributed by atoms with Crippen LogP contribution in [0.25, 0.3) is 0 Å². The molecule has 1 amide bonds. The zero-order valence-electron chi connectivity index (χ0n) is 15.1. The van der Waals surface area contributed by atoms with Crippen LogP contribution in [0.3, 0.4) is 0 Å². The summed E-state index contributed by atoms with van der Waals surface area (Å²) in [6, 6.07) is 4.95. The molecule has 0 spiro atoms. The molecule has 0 unspecified atom stereocenters. The van der Waals surface area contributed by atoms with Crippen LogP contribution >= 0.6 is 23.2 Å². The van der Waals surface area contributed by atoms with E-state index in [9.17, 15) is 9.59 Å². The molecule has 1 N–H and O–H groups in total. The van der Waals surface area contributed by atoms with Gasteiger partial charge in [0.25, 0.3) is 0 Å². The molecule has 1 fully saturated rings. The zero-order chi connectivity index (χ0) is 19.4. The Hall–Kier alpha value is -1.83. The first-order valence-electron chi connectivity index (χ1n) is 8.98. The molecule has 7 nitrogen and oxygen atoms in total. The highest BCUT2D eigenvalue weighted by molar-refractivity contribution is 6.42. The number of hydrogen-bond donors (Lipinski definition) is 1. The number of esters is 1. The maximum Gasteiger partial charge on any atom is 0.323 e. The summed E-state index contributed by atoms with van der Waals surface area (Å²) in [5.74, 6) is 0.158. The molecule has 1 atom stereocenters. The van der Waals surface area contributed by atoms with Crippen molar-refractivity contribution < 1.29 is 14.3 Å². The summed E-state index contributed by atoms with van der Waals surface area (Å²) in [5, 5.41) is 9.99. The van der Waals surface area contributed by atoms with E-state index >= 15 is 0 Å². The fourth-order valence-corrected chi connectivity index (χ4v) is 3.58. The quantitative estimate of drug-likeness (QED) is 0.752. The van der Waals surface area contributed by atoms with E-state index in [1.165, 1.54) is 0 Å². The Bertz CT molecular complexity index is 756. The van der Waals surface area contributed by atoms with Gasteiger partial charge in [0.05, 0.1) is 28.9 Å². The lowest BCUT2D eigenvalue weighted by atomic mass is 10.2. The molecule has 27 heavy (non-hydrogen) atoms. The number of carbonyl (C=O) groups excluding carboxylic acids is 2. The van der Waals surface area contributed by atoms with Gasteiger partial charge in [0.1, 0.15) is 11.9 Å². The molecule has 2 aliphatic heterocycles. The van der Waals surface area contributed by atoms with Gasteiger partial charge in [-0.05, 0) is 44.5 Å². The molecule has 0 bridgehead atoms. The van der Waals surface area contributed by atoms with E-state index in [0.29, 0.717) is 42.0 Å². The maximum atomic E-state index is 12.4. The van der Waals surface area contributed by atoms with Crippen molar-refractivity contribution in [3.8, 4) is 0 Å². The van der Waals surface area contributed by atoms with E-state index in [-0.39, 0.29) is 24.5 Å². The van der Waals surface area contributed by atoms with Gasteiger partial charge in [0, 0.05) is 13.0 Å². The average Bonchev–Trinajstić information content (AvgIpc) is 3.27. The fourth-order valence-electron chi connectivity index (χ4n) is 3.28. The van der Waals surface area contributed by atoms with Crippen molar-refractivity contribution in [1.82, 2.24) is 10.2 Å². The van der Waals surface area contributed by atoms with Gasteiger partial charge in [0.15, 0.2) is 0 Å². The lowest BCUT2D eigenvalue weighted by Gasteiger charge is -2.21. The van der Waals surface area contributed by atoms with Crippen molar-refractivity contribution in [2.75, 3.05) is 31.3 Å². The second kappa shape index (κ2) is 8.91. The Balaban J connectivity index is 1.56. The first-order valence-corrected chi connectivity index (χ1v) is 9.74. The summed E-state index contributed by atoms with van der Waals surface area (Å²) in [7, 11) is 0. The highest BCUT2D eigenvalue weighted by atomic mass is 35.5. The molecular formula is C18H22Cl2N4O3. The number of anilines is 1. The Morgan fingerprint density at radius 2 is 2.11 bits per heavy atom. The number of rotatable bonds is 5. The van der Waals surface area contributed by atoms with Gasteiger partial charge < -0.3 is 10.1 Å². The summed E-state index contributed by atoms with van der Waals surface area (Å²) in [6.07, 6.45) is 2.22. The third-order valence-electron chi connectivity index (χ3n) is 4.56.